The lowest BCUT2D eigenvalue weighted by Crippen LogP contribution is -2.57. The summed E-state index contributed by atoms with van der Waals surface area (Å²) in [6, 6.07) is 20.6. The Morgan fingerprint density at radius 2 is 0.775 bits per heavy atom. The topological polar surface area (TPSA) is 357 Å². The van der Waals surface area contributed by atoms with Crippen LogP contribution in [-0.2, 0) is 18.5 Å². The van der Waals surface area contributed by atoms with Crippen LogP contribution in [0.5, 0.6) is 0 Å². The number of halogens is 13. The summed E-state index contributed by atoms with van der Waals surface area (Å²) in [5.74, 6) is -2.37. The van der Waals surface area contributed by atoms with Crippen molar-refractivity contribution >= 4 is 75.5 Å². The van der Waals surface area contributed by atoms with Crippen LogP contribution in [0.2, 0.25) is 0 Å². The number of nitrogens with two attached hydrogens (primary N) is 4. The molecule has 0 aliphatic carbocycles. The van der Waals surface area contributed by atoms with Crippen LogP contribution in [0.4, 0.5) is 104 Å². The first-order chi connectivity index (χ1) is 56.3. The lowest BCUT2D eigenvalue weighted by Gasteiger charge is -2.40. The molecule has 0 bridgehead atoms. The minimum absolute atomic E-state index is 0. The smallest absolute Gasteiger partial charge is 0.390 e. The quantitative estimate of drug-likeness (QED) is 0.0238. The number of pyridine rings is 8. The second kappa shape index (κ2) is 39.4. The first-order valence-electron chi connectivity index (χ1n) is 38.7. The molecule has 12 heterocycles. The first kappa shape index (κ1) is 92.8. The van der Waals surface area contributed by atoms with E-state index in [2.05, 4.69) is 102 Å². The van der Waals surface area contributed by atoms with Crippen molar-refractivity contribution in [3.05, 3.63) is 196 Å². The van der Waals surface area contributed by atoms with Crippen LogP contribution in [-0.4, -0.2) is 182 Å². The zero-order chi connectivity index (χ0) is 88.1. The number of rotatable bonds is 21. The van der Waals surface area contributed by atoms with Crippen molar-refractivity contribution < 1.29 is 97.1 Å². The van der Waals surface area contributed by atoms with E-state index in [4.69, 9.17) is 22.9 Å². The number of anilines is 8. The lowest BCUT2D eigenvalue weighted by molar-refractivity contribution is -0.140. The summed E-state index contributed by atoms with van der Waals surface area (Å²) in [4.78, 5) is 91.0. The highest BCUT2D eigenvalue weighted by atomic mass is 19.4. The van der Waals surface area contributed by atoms with Crippen molar-refractivity contribution in [2.45, 2.75) is 154 Å². The maximum atomic E-state index is 14.0. The molecule has 12 rings (SSSR count). The van der Waals surface area contributed by atoms with E-state index in [9.17, 15) is 81.4 Å². The van der Waals surface area contributed by atoms with Gasteiger partial charge in [-0.2, -0.15) is 52.7 Å². The molecule has 0 saturated carbocycles. The predicted octanol–water partition coefficient (Wildman–Crippen LogP) is 15.3. The number of aliphatic hydroxyl groups is 1. The molecular formula is C82H119F13N20O5. The molecule has 0 spiro atoms. The van der Waals surface area contributed by atoms with E-state index in [-0.39, 0.29) is 128 Å². The van der Waals surface area contributed by atoms with E-state index in [0.717, 1.165) is 37.5 Å². The van der Waals surface area contributed by atoms with Gasteiger partial charge in [0, 0.05) is 148 Å². The molecule has 8 aromatic rings. The lowest BCUT2D eigenvalue weighted by atomic mass is 9.97. The fraction of sp³-hybridized carbons (Fsp3) is 0.439. The fourth-order valence-electron chi connectivity index (χ4n) is 14.5. The van der Waals surface area contributed by atoms with Gasteiger partial charge in [0.25, 0.3) is 0 Å². The van der Waals surface area contributed by atoms with Crippen molar-refractivity contribution in [3.8, 4) is 0 Å². The van der Waals surface area contributed by atoms with Crippen molar-refractivity contribution in [3.63, 3.8) is 0 Å². The molecule has 668 valence electrons. The number of carbonyl (C=O) groups excluding carboxylic acids is 4. The van der Waals surface area contributed by atoms with Crippen LogP contribution in [0.3, 0.4) is 0 Å². The van der Waals surface area contributed by atoms with E-state index in [1.165, 1.54) is 90.4 Å². The molecule has 8 aromatic heterocycles. The second-order valence-electron chi connectivity index (χ2n) is 31.1. The highest BCUT2D eigenvalue weighted by Crippen LogP contribution is 2.39. The molecule has 0 aromatic carbocycles. The molecular weight excluding hydrogens is 1590 g/mol. The van der Waals surface area contributed by atoms with Crippen molar-refractivity contribution in [2.75, 3.05) is 108 Å². The first-order valence-corrected chi connectivity index (χ1v) is 38.7. The van der Waals surface area contributed by atoms with Gasteiger partial charge in [-0.15, -0.1) is 0 Å². The Balaban J connectivity index is -0.00000162. The molecule has 4 saturated heterocycles. The van der Waals surface area contributed by atoms with E-state index < -0.39 is 106 Å². The predicted molar refractivity (Wildman–Crippen MR) is 454 cm³/mol. The number of piperazine rings is 4. The fourth-order valence-corrected chi connectivity index (χ4v) is 14.5. The third-order valence-corrected chi connectivity index (χ3v) is 19.8. The van der Waals surface area contributed by atoms with Crippen LogP contribution in [0.1, 0.15) is 190 Å². The molecule has 38 heteroatoms. The molecule has 0 amide bonds. The van der Waals surface area contributed by atoms with Gasteiger partial charge < -0.3 is 68.9 Å². The molecule has 0 radical (unpaired) electrons. The second-order valence-corrected chi connectivity index (χ2v) is 31.1. The Bertz CT molecular complexity index is 4960. The standard InChI is InChI=1S/C22H28F3N5O.C21H26F3N5O.C21H26FN5O2.C18H17F6N5O.11H2/c1-4-14-11-30(12-15(28-14)10-13(2)3)18-8-7-17(22(23,24)25)19(29-18)20(31)16-6-5-9-27-21(16)26;1-12(2)9-14-11-29(10-13(3)27-14)17-7-6-16(21(22,23)24)18(28-17)19(30)15-5-4-8-26-20(15)25;1-13(22)15-6-7-17(27-10-9-24-14(12-27)11-21(2,3)29)26-18(15)19(28)16-5-4-8-25-20(16)23;19-17(20,21)8-10-9-29(7-6-26-10)13-4-3-12(18(22,23)24)14(28-13)15(30)11-2-1-5-27-16(11)25;;;;;;;;;;;/h5-9,13-15,28H,4,10-12H2,1-3H3,(H2,26,27);4-8,12-14,27H,9-11H2,1-3H3,(H2,25,26);4-8,14,24,29H,1,9-12H2,2-3H3,(H2,23,25);1-5,10,26H,6-9H2,(H2,25,27);11*1H/t14-,15-;13-,14+;;;;;;;;;;;;;/m01............./s1. The Kier molecular flexibility index (Phi) is 30.5. The van der Waals surface area contributed by atoms with E-state index in [1.807, 2.05) is 21.6 Å². The van der Waals surface area contributed by atoms with Crippen LogP contribution in [0.25, 0.3) is 5.83 Å². The van der Waals surface area contributed by atoms with Crippen LogP contribution in [0.15, 0.2) is 128 Å². The third kappa shape index (κ3) is 25.0. The number of hydrogen-bond acceptors (Lipinski definition) is 25. The van der Waals surface area contributed by atoms with E-state index in [1.54, 1.807) is 26.0 Å². The van der Waals surface area contributed by atoms with Crippen LogP contribution >= 0.6 is 0 Å². The highest BCUT2D eigenvalue weighted by molar-refractivity contribution is 6.14. The minimum Gasteiger partial charge on any atom is -0.390 e. The van der Waals surface area contributed by atoms with Gasteiger partial charge in [0.05, 0.1) is 51.0 Å². The van der Waals surface area contributed by atoms with Crippen LogP contribution in [0, 0.1) is 11.8 Å². The third-order valence-electron chi connectivity index (χ3n) is 19.8. The maximum absolute atomic E-state index is 14.0. The number of carbonyl (C=O) groups is 4. The van der Waals surface area contributed by atoms with E-state index in [0.29, 0.717) is 87.6 Å². The van der Waals surface area contributed by atoms with Gasteiger partial charge in [0.15, 0.2) is 0 Å². The summed E-state index contributed by atoms with van der Waals surface area (Å²) < 4.78 is 174. The summed E-state index contributed by atoms with van der Waals surface area (Å²) in [6.07, 6.45) is -11.0. The SMILES string of the molecule is C=C(F)c1ccc(N2CCNC(CC(C)(C)O)C2)nc1C(=O)c1cccnc1N.CC(C)C[C@H]1CN(c2ccc(C(F)(F)F)c(C(=O)c3cccnc3N)n2)C[C@@H](C)N1.CC[C@H]1CN(c2ccc(C(F)(F)F)c(C(=O)c3cccnc3N)n2)C[C@H](CC(C)C)N1.Nc1ncccc1C(=O)c1nc(N2CCNC(CC(F)(F)F)C2)ccc1C(F)(F)F.[HH].[HH].[HH].[HH].[HH].[HH].[HH].[HH].[HH].[HH].[HH]. The molecule has 120 heavy (non-hydrogen) atoms. The number of nitrogens with one attached hydrogen (secondary N) is 4. The Morgan fingerprint density at radius 1 is 0.458 bits per heavy atom. The summed E-state index contributed by atoms with van der Waals surface area (Å²) in [5, 5.41) is 23.3. The zero-order valence-corrected chi connectivity index (χ0v) is 67.1. The summed E-state index contributed by atoms with van der Waals surface area (Å²) in [6.45, 7) is 24.1. The summed E-state index contributed by atoms with van der Waals surface area (Å²) in [7, 11) is 0. The van der Waals surface area contributed by atoms with Gasteiger partial charge >= 0.3 is 24.7 Å². The van der Waals surface area contributed by atoms with Gasteiger partial charge in [-0.3, -0.25) is 19.2 Å². The van der Waals surface area contributed by atoms with Gasteiger partial charge in [-0.25, -0.2) is 44.3 Å². The molecule has 4 aliphatic heterocycles. The number of aromatic nitrogens is 8. The number of ketones is 4. The Hall–Kier alpha value is -11.1. The summed E-state index contributed by atoms with van der Waals surface area (Å²) >= 11 is 0. The van der Waals surface area contributed by atoms with Crippen molar-refractivity contribution in [1.82, 2.24) is 61.1 Å². The Morgan fingerprint density at radius 3 is 1.11 bits per heavy atom. The zero-order valence-electron chi connectivity index (χ0n) is 67.1. The number of nitrogens with zero attached hydrogens (tertiary/aromatic N) is 12. The van der Waals surface area contributed by atoms with Gasteiger partial charge in [-0.05, 0) is 155 Å². The molecule has 2 unspecified atom stereocenters. The highest BCUT2D eigenvalue weighted by Gasteiger charge is 2.43. The maximum Gasteiger partial charge on any atom is 0.418 e. The normalized spacial score (nSPS) is 18.7. The molecule has 4 aliphatic rings. The van der Waals surface area contributed by atoms with Crippen molar-refractivity contribution in [2.24, 2.45) is 11.8 Å². The monoisotopic (exact) mass is 1710 g/mol. The van der Waals surface area contributed by atoms with Crippen LogP contribution < -0.4 is 63.8 Å². The molecule has 6 atom stereocenters. The van der Waals surface area contributed by atoms with Gasteiger partial charge in [0.1, 0.15) is 75.1 Å². The molecule has 4 fully saturated rings. The largest absolute Gasteiger partial charge is 0.418 e. The minimum atomic E-state index is -4.87. The Labute approximate surface area is 701 Å². The number of alkyl halides is 12. The van der Waals surface area contributed by atoms with E-state index >= 15 is 0 Å². The molecule has 25 nitrogen and oxygen atoms in total. The van der Waals surface area contributed by atoms with Gasteiger partial charge in [-0.1, -0.05) is 41.2 Å². The number of hydrogen-bond donors (Lipinski definition) is 9. The van der Waals surface area contributed by atoms with Gasteiger partial charge in [0.2, 0.25) is 23.1 Å². The summed E-state index contributed by atoms with van der Waals surface area (Å²) in [5.41, 5.74) is 16.2. The molecule has 13 N–H and O–H groups in total. The van der Waals surface area contributed by atoms with Crippen molar-refractivity contribution in [1.29, 1.82) is 0 Å². The number of nitrogen functional groups attached to an aromatic ring is 4. The average Bonchev–Trinajstić information content (AvgIpc) is 0.784. The average molecular weight is 1710 g/mol.